The van der Waals surface area contributed by atoms with Crippen LogP contribution in [0.4, 0.5) is 0 Å². The molecule has 0 radical (unpaired) electrons. The van der Waals surface area contributed by atoms with Crippen LogP contribution in [0, 0.1) is 0 Å². The molecule has 0 bridgehead atoms. The first-order chi connectivity index (χ1) is 17.8. The first kappa shape index (κ1) is 19.8. The summed E-state index contributed by atoms with van der Waals surface area (Å²) in [5.41, 5.74) is 6.06. The van der Waals surface area contributed by atoms with Crippen molar-refractivity contribution in [1.29, 1.82) is 0 Å². The highest BCUT2D eigenvalue weighted by molar-refractivity contribution is 7.25. The van der Waals surface area contributed by atoms with Gasteiger partial charge in [0.25, 0.3) is 0 Å². The molecule has 3 heterocycles. The van der Waals surface area contributed by atoms with Gasteiger partial charge in [-0.15, -0.1) is 11.3 Å². The third-order valence-corrected chi connectivity index (χ3v) is 8.32. The molecule has 0 unspecified atom stereocenters. The number of para-hydroxylation sites is 2. The van der Waals surface area contributed by atoms with Crippen molar-refractivity contribution >= 4 is 64.2 Å². The minimum absolute atomic E-state index is 1.10. The summed E-state index contributed by atoms with van der Waals surface area (Å²) in [7, 11) is 0. The van der Waals surface area contributed by atoms with Gasteiger partial charge in [-0.05, 0) is 59.0 Å². The number of benzene rings is 5. The maximum absolute atomic E-state index is 4.82. The molecule has 3 heteroatoms. The van der Waals surface area contributed by atoms with E-state index >= 15 is 0 Å². The average molecular weight is 477 g/mol. The molecule has 5 aromatic carbocycles. The van der Waals surface area contributed by atoms with Gasteiger partial charge in [-0.2, -0.15) is 0 Å². The van der Waals surface area contributed by atoms with E-state index in [9.17, 15) is 0 Å². The molecule has 0 atom stereocenters. The Hall–Kier alpha value is -4.47. The van der Waals surface area contributed by atoms with Crippen LogP contribution in [0.25, 0.3) is 69.7 Å². The van der Waals surface area contributed by atoms with Gasteiger partial charge < -0.3 is 4.57 Å². The molecule has 0 aliphatic heterocycles. The average Bonchev–Trinajstić information content (AvgIpc) is 3.49. The highest BCUT2D eigenvalue weighted by Gasteiger charge is 2.14. The van der Waals surface area contributed by atoms with Crippen molar-refractivity contribution in [2.75, 3.05) is 0 Å². The molecule has 0 aliphatic rings. The first-order valence-electron chi connectivity index (χ1n) is 12.1. The molecule has 0 saturated carbocycles. The first-order valence-corrected chi connectivity index (χ1v) is 13.0. The molecule has 0 N–H and O–H groups in total. The van der Waals surface area contributed by atoms with Gasteiger partial charge in [-0.25, -0.2) is 4.98 Å². The minimum atomic E-state index is 1.10. The Morgan fingerprint density at radius 3 is 2.19 bits per heavy atom. The maximum atomic E-state index is 4.82. The number of nitrogens with zero attached hydrogens (tertiary/aromatic N) is 2. The van der Waals surface area contributed by atoms with Crippen LogP contribution in [0.3, 0.4) is 0 Å². The molecule has 0 fully saturated rings. The van der Waals surface area contributed by atoms with Gasteiger partial charge in [0.15, 0.2) is 0 Å². The number of thiophene rings is 1. The van der Waals surface area contributed by atoms with Crippen molar-refractivity contribution in [2.24, 2.45) is 0 Å². The van der Waals surface area contributed by atoms with E-state index in [0.717, 1.165) is 4.83 Å². The van der Waals surface area contributed by atoms with E-state index in [0.29, 0.717) is 0 Å². The van der Waals surface area contributed by atoms with Crippen molar-refractivity contribution in [2.45, 2.75) is 0 Å². The van der Waals surface area contributed by atoms with Crippen LogP contribution in [-0.4, -0.2) is 9.55 Å². The third kappa shape index (κ3) is 2.81. The van der Waals surface area contributed by atoms with Crippen LogP contribution in [0.5, 0.6) is 0 Å². The molecule has 3 aromatic heterocycles. The predicted octanol–water partition coefficient (Wildman–Crippen LogP) is 9.37. The quantitative estimate of drug-likeness (QED) is 0.243. The number of pyridine rings is 1. The van der Waals surface area contributed by atoms with Gasteiger partial charge in [-0.1, -0.05) is 72.8 Å². The number of fused-ring (bicyclic) bond motifs is 8. The Balaban J connectivity index is 1.35. The molecule has 168 valence electrons. The number of hydrogen-bond donors (Lipinski definition) is 0. The van der Waals surface area contributed by atoms with E-state index in [-0.39, 0.29) is 0 Å². The van der Waals surface area contributed by atoms with Gasteiger partial charge in [0, 0.05) is 43.5 Å². The zero-order valence-corrected chi connectivity index (χ0v) is 20.2. The molecule has 36 heavy (non-hydrogen) atoms. The molecule has 0 amide bonds. The summed E-state index contributed by atoms with van der Waals surface area (Å²) < 4.78 is 3.65. The van der Waals surface area contributed by atoms with E-state index in [1.165, 1.54) is 64.9 Å². The summed E-state index contributed by atoms with van der Waals surface area (Å²) in [5, 5.41) is 7.54. The van der Waals surface area contributed by atoms with Gasteiger partial charge in [0.1, 0.15) is 4.83 Å². The van der Waals surface area contributed by atoms with E-state index < -0.39 is 0 Å². The normalized spacial score (nSPS) is 11.9. The molecule has 8 rings (SSSR count). The number of aromatic nitrogens is 2. The van der Waals surface area contributed by atoms with E-state index in [1.54, 1.807) is 11.3 Å². The van der Waals surface area contributed by atoms with Crippen LogP contribution in [-0.2, 0) is 0 Å². The highest BCUT2D eigenvalue weighted by Crippen LogP contribution is 2.39. The van der Waals surface area contributed by atoms with Crippen molar-refractivity contribution in [3.63, 3.8) is 0 Å². The van der Waals surface area contributed by atoms with Crippen molar-refractivity contribution in [1.82, 2.24) is 9.55 Å². The van der Waals surface area contributed by atoms with Crippen LogP contribution >= 0.6 is 11.3 Å². The van der Waals surface area contributed by atoms with Crippen molar-refractivity contribution < 1.29 is 0 Å². The monoisotopic (exact) mass is 476 g/mol. The second kappa shape index (κ2) is 7.51. The van der Waals surface area contributed by atoms with E-state index in [1.807, 2.05) is 6.20 Å². The van der Waals surface area contributed by atoms with Crippen molar-refractivity contribution in [3.8, 4) is 16.8 Å². The highest BCUT2D eigenvalue weighted by atomic mass is 32.1. The predicted molar refractivity (Wildman–Crippen MR) is 154 cm³/mol. The SMILES string of the molecule is c1ccc(-n2c3ccccc3c3cc(-c4ccc5c(cnc6sc7ccccc7c65)c4)ccc32)cc1. The Morgan fingerprint density at radius 1 is 0.556 bits per heavy atom. The summed E-state index contributed by atoms with van der Waals surface area (Å²) in [6, 6.07) is 41.5. The van der Waals surface area contributed by atoms with Crippen molar-refractivity contribution in [3.05, 3.63) is 121 Å². The second-order valence-corrected chi connectivity index (χ2v) is 10.3. The Morgan fingerprint density at radius 2 is 1.28 bits per heavy atom. The zero-order chi connectivity index (χ0) is 23.6. The van der Waals surface area contributed by atoms with E-state index in [2.05, 4.69) is 120 Å². The number of hydrogen-bond acceptors (Lipinski definition) is 2. The Bertz CT molecular complexity index is 2100. The minimum Gasteiger partial charge on any atom is -0.309 e. The Kier molecular flexibility index (Phi) is 4.13. The fourth-order valence-corrected chi connectivity index (χ4v) is 6.66. The van der Waals surface area contributed by atoms with Gasteiger partial charge in [-0.3, -0.25) is 0 Å². The Labute approximate surface area is 211 Å². The molecular weight excluding hydrogens is 456 g/mol. The fourth-order valence-electron chi connectivity index (χ4n) is 5.60. The summed E-state index contributed by atoms with van der Waals surface area (Å²) in [5.74, 6) is 0. The lowest BCUT2D eigenvalue weighted by molar-refractivity contribution is 1.18. The molecule has 2 nitrogen and oxygen atoms in total. The summed E-state index contributed by atoms with van der Waals surface area (Å²) in [6.45, 7) is 0. The molecule has 0 spiro atoms. The molecular formula is C33H20N2S. The molecule has 0 aliphatic carbocycles. The summed E-state index contributed by atoms with van der Waals surface area (Å²) in [6.07, 6.45) is 2.02. The summed E-state index contributed by atoms with van der Waals surface area (Å²) >= 11 is 1.77. The van der Waals surface area contributed by atoms with Crippen LogP contribution in [0.1, 0.15) is 0 Å². The maximum Gasteiger partial charge on any atom is 0.125 e. The lowest BCUT2D eigenvalue weighted by atomic mass is 9.99. The zero-order valence-electron chi connectivity index (χ0n) is 19.3. The topological polar surface area (TPSA) is 17.8 Å². The third-order valence-electron chi connectivity index (χ3n) is 7.24. The summed E-state index contributed by atoms with van der Waals surface area (Å²) in [4.78, 5) is 5.93. The van der Waals surface area contributed by atoms with Gasteiger partial charge in [0.2, 0.25) is 0 Å². The van der Waals surface area contributed by atoms with Crippen LogP contribution < -0.4 is 0 Å². The second-order valence-electron chi connectivity index (χ2n) is 9.26. The fraction of sp³-hybridized carbons (Fsp3) is 0. The molecule has 8 aromatic rings. The molecule has 0 saturated heterocycles. The van der Waals surface area contributed by atoms with Gasteiger partial charge in [0.05, 0.1) is 11.0 Å². The largest absolute Gasteiger partial charge is 0.309 e. The van der Waals surface area contributed by atoms with E-state index in [4.69, 9.17) is 4.98 Å². The van der Waals surface area contributed by atoms with Gasteiger partial charge >= 0.3 is 0 Å². The number of rotatable bonds is 2. The van der Waals surface area contributed by atoms with Crippen LogP contribution in [0.15, 0.2) is 121 Å². The lowest BCUT2D eigenvalue weighted by Gasteiger charge is -2.09. The lowest BCUT2D eigenvalue weighted by Crippen LogP contribution is -1.92. The standard InChI is InChI=1S/C33H20N2S/c1-2-8-24(9-3-1)35-29-12-6-4-10-26(29)28-19-22(15-17-30(28)35)21-14-16-25-23(18-21)20-34-33-32(25)27-11-5-7-13-31(27)36-33/h1-20H. The van der Waals surface area contributed by atoms with Crippen LogP contribution in [0.2, 0.25) is 0 Å². The smallest absolute Gasteiger partial charge is 0.125 e.